The van der Waals surface area contributed by atoms with Crippen molar-refractivity contribution in [1.29, 1.82) is 0 Å². The van der Waals surface area contributed by atoms with Crippen LogP contribution in [0.3, 0.4) is 0 Å². The first-order valence-corrected chi connectivity index (χ1v) is 7.62. The maximum absolute atomic E-state index is 11.1. The van der Waals surface area contributed by atoms with E-state index >= 15 is 0 Å². The van der Waals surface area contributed by atoms with E-state index in [-0.39, 0.29) is 15.5 Å². The van der Waals surface area contributed by atoms with E-state index in [0.29, 0.717) is 12.2 Å². The van der Waals surface area contributed by atoms with Crippen LogP contribution in [0.4, 0.5) is 11.4 Å². The van der Waals surface area contributed by atoms with Gasteiger partial charge in [-0.05, 0) is 18.2 Å². The van der Waals surface area contributed by atoms with E-state index in [0.717, 1.165) is 17.0 Å². The van der Waals surface area contributed by atoms with Crippen molar-refractivity contribution in [3.8, 4) is 0 Å². The van der Waals surface area contributed by atoms with Crippen molar-refractivity contribution in [1.82, 2.24) is 4.98 Å². The Morgan fingerprint density at radius 2 is 2.11 bits per heavy atom. The largest absolute Gasteiger partial charge is 0.397 e. The summed E-state index contributed by atoms with van der Waals surface area (Å²) in [6.07, 6.45) is 0. The second-order valence-corrected chi connectivity index (χ2v) is 6.22. The van der Waals surface area contributed by atoms with E-state index in [1.54, 1.807) is 5.38 Å². The van der Waals surface area contributed by atoms with Crippen LogP contribution >= 0.6 is 11.3 Å². The van der Waals surface area contributed by atoms with Crippen LogP contribution in [-0.2, 0) is 16.6 Å². The average molecular weight is 300 g/mol. The number of nitrogen functional groups attached to an aromatic ring is 1. The first-order valence-electron chi connectivity index (χ1n) is 5.19. The topological polar surface area (TPSA) is 131 Å². The smallest absolute Gasteiger partial charge is 0.304 e. The summed E-state index contributed by atoms with van der Waals surface area (Å²) in [6.45, 7) is 0.387. The lowest BCUT2D eigenvalue weighted by molar-refractivity contribution is 0.598. The number of anilines is 2. The van der Waals surface area contributed by atoms with Gasteiger partial charge in [0.1, 0.15) is 0 Å². The SMILES string of the molecule is Nc1cc(S(N)(=O)=O)ccc1NCc1csc(=O)[nH]1. The Bertz CT molecular complexity index is 748. The zero-order chi connectivity index (χ0) is 14.0. The molecule has 0 atom stereocenters. The normalized spacial score (nSPS) is 11.4. The molecule has 19 heavy (non-hydrogen) atoms. The number of aromatic nitrogens is 1. The molecule has 102 valence electrons. The lowest BCUT2D eigenvalue weighted by Crippen LogP contribution is -2.13. The molecule has 1 aromatic heterocycles. The van der Waals surface area contributed by atoms with Crippen LogP contribution in [0.15, 0.2) is 33.3 Å². The third-order valence-electron chi connectivity index (χ3n) is 2.39. The van der Waals surface area contributed by atoms with E-state index < -0.39 is 10.0 Å². The highest BCUT2D eigenvalue weighted by Gasteiger charge is 2.10. The van der Waals surface area contributed by atoms with Gasteiger partial charge in [-0.25, -0.2) is 13.6 Å². The molecule has 0 saturated carbocycles. The molecule has 0 aliphatic carbocycles. The number of sulfonamides is 1. The fraction of sp³-hybridized carbons (Fsp3) is 0.100. The Hall–Kier alpha value is -1.84. The van der Waals surface area contributed by atoms with E-state index in [4.69, 9.17) is 10.9 Å². The van der Waals surface area contributed by atoms with Crippen LogP contribution in [-0.4, -0.2) is 13.4 Å². The summed E-state index contributed by atoms with van der Waals surface area (Å²) in [5.74, 6) is 0. The molecule has 0 radical (unpaired) electrons. The summed E-state index contributed by atoms with van der Waals surface area (Å²) in [7, 11) is -3.76. The number of benzene rings is 1. The molecule has 2 aromatic rings. The number of hydrogen-bond acceptors (Lipinski definition) is 6. The van der Waals surface area contributed by atoms with E-state index in [2.05, 4.69) is 10.3 Å². The number of thiazole rings is 1. The second-order valence-electron chi connectivity index (χ2n) is 3.82. The zero-order valence-corrected chi connectivity index (χ0v) is 11.3. The molecule has 0 saturated heterocycles. The molecule has 6 N–H and O–H groups in total. The minimum absolute atomic E-state index is 0.0421. The Morgan fingerprint density at radius 1 is 1.37 bits per heavy atom. The highest BCUT2D eigenvalue weighted by Crippen LogP contribution is 2.22. The monoisotopic (exact) mass is 300 g/mol. The number of aromatic amines is 1. The van der Waals surface area contributed by atoms with Crippen molar-refractivity contribution >= 4 is 32.7 Å². The minimum atomic E-state index is -3.76. The van der Waals surface area contributed by atoms with Crippen LogP contribution in [0, 0.1) is 0 Å². The molecule has 7 nitrogen and oxygen atoms in total. The molecule has 0 unspecified atom stereocenters. The highest BCUT2D eigenvalue weighted by molar-refractivity contribution is 7.89. The van der Waals surface area contributed by atoms with Gasteiger partial charge in [0.05, 0.1) is 22.8 Å². The standard InChI is InChI=1S/C10H12N4O3S2/c11-8-3-7(19(12,16)17)1-2-9(8)13-4-6-5-18-10(15)14-6/h1-3,5,13H,4,11H2,(H,14,15)(H2,12,16,17). The van der Waals surface area contributed by atoms with Gasteiger partial charge in [-0.2, -0.15) is 0 Å². The lowest BCUT2D eigenvalue weighted by Gasteiger charge is -2.09. The van der Waals surface area contributed by atoms with Gasteiger partial charge in [0.25, 0.3) is 0 Å². The molecule has 0 aliphatic heterocycles. The number of primary sulfonamides is 1. The van der Waals surface area contributed by atoms with Crippen molar-refractivity contribution in [2.45, 2.75) is 11.4 Å². The maximum Gasteiger partial charge on any atom is 0.304 e. The van der Waals surface area contributed by atoms with Crippen LogP contribution < -0.4 is 21.1 Å². The summed E-state index contributed by atoms with van der Waals surface area (Å²) in [5.41, 5.74) is 7.30. The van der Waals surface area contributed by atoms with Crippen LogP contribution in [0.2, 0.25) is 0 Å². The van der Waals surface area contributed by atoms with Gasteiger partial charge in [-0.15, -0.1) is 0 Å². The van der Waals surface area contributed by atoms with Gasteiger partial charge in [-0.3, -0.25) is 4.79 Å². The summed E-state index contributed by atoms with van der Waals surface area (Å²) in [6, 6.07) is 4.18. The molecular formula is C10H12N4O3S2. The van der Waals surface area contributed by atoms with Crippen molar-refractivity contribution < 1.29 is 8.42 Å². The Morgan fingerprint density at radius 3 is 2.63 bits per heavy atom. The molecular weight excluding hydrogens is 288 g/mol. The van der Waals surface area contributed by atoms with Gasteiger partial charge in [0.15, 0.2) is 0 Å². The Balaban J connectivity index is 2.16. The van der Waals surface area contributed by atoms with Gasteiger partial charge in [0.2, 0.25) is 10.0 Å². The van der Waals surface area contributed by atoms with Crippen molar-refractivity contribution in [2.24, 2.45) is 5.14 Å². The molecule has 2 rings (SSSR count). The van der Waals surface area contributed by atoms with Gasteiger partial charge >= 0.3 is 4.87 Å². The van der Waals surface area contributed by atoms with Crippen LogP contribution in [0.5, 0.6) is 0 Å². The number of H-pyrrole nitrogens is 1. The molecule has 0 aliphatic rings. The third-order valence-corrected chi connectivity index (χ3v) is 4.02. The average Bonchev–Trinajstić information content (AvgIpc) is 2.72. The van der Waals surface area contributed by atoms with Crippen LogP contribution in [0.25, 0.3) is 0 Å². The summed E-state index contributed by atoms with van der Waals surface area (Å²) >= 11 is 1.07. The Kier molecular flexibility index (Phi) is 3.60. The molecule has 0 amide bonds. The Labute approximate surface area is 113 Å². The quantitative estimate of drug-likeness (QED) is 0.602. The van der Waals surface area contributed by atoms with Crippen LogP contribution in [0.1, 0.15) is 5.69 Å². The van der Waals surface area contributed by atoms with Crippen molar-refractivity contribution in [3.63, 3.8) is 0 Å². The number of nitrogens with two attached hydrogens (primary N) is 2. The van der Waals surface area contributed by atoms with Gasteiger partial charge < -0.3 is 16.0 Å². The minimum Gasteiger partial charge on any atom is -0.397 e. The molecule has 9 heteroatoms. The molecule has 0 spiro atoms. The summed E-state index contributed by atoms with van der Waals surface area (Å²) < 4.78 is 22.3. The van der Waals surface area contributed by atoms with E-state index in [1.165, 1.54) is 18.2 Å². The van der Waals surface area contributed by atoms with Gasteiger partial charge in [-0.1, -0.05) is 11.3 Å². The second kappa shape index (κ2) is 5.03. The summed E-state index contributed by atoms with van der Waals surface area (Å²) in [5, 5.41) is 9.70. The third kappa shape index (κ3) is 3.34. The molecule has 0 bridgehead atoms. The lowest BCUT2D eigenvalue weighted by atomic mass is 10.2. The molecule has 0 fully saturated rings. The fourth-order valence-electron chi connectivity index (χ4n) is 1.47. The van der Waals surface area contributed by atoms with Crippen molar-refractivity contribution in [2.75, 3.05) is 11.1 Å². The molecule has 1 aromatic carbocycles. The maximum atomic E-state index is 11.1. The highest BCUT2D eigenvalue weighted by atomic mass is 32.2. The van der Waals surface area contributed by atoms with Gasteiger partial charge in [0, 0.05) is 11.1 Å². The van der Waals surface area contributed by atoms with Crippen molar-refractivity contribution in [3.05, 3.63) is 38.9 Å². The number of nitrogens with one attached hydrogen (secondary N) is 2. The number of rotatable bonds is 4. The zero-order valence-electron chi connectivity index (χ0n) is 9.71. The van der Waals surface area contributed by atoms with E-state index in [1.807, 2.05) is 0 Å². The fourth-order valence-corrected chi connectivity index (χ4v) is 2.60. The molecule has 1 heterocycles. The predicted octanol–water partition coefficient (Wildman–Crippen LogP) is 0.278. The first kappa shape index (κ1) is 13.6. The predicted molar refractivity (Wildman–Crippen MR) is 74.5 cm³/mol. The summed E-state index contributed by atoms with van der Waals surface area (Å²) in [4.78, 5) is 13.4. The first-order chi connectivity index (χ1) is 8.86. The number of hydrogen-bond donors (Lipinski definition) is 4. The van der Waals surface area contributed by atoms with E-state index in [9.17, 15) is 13.2 Å².